The first-order valence-corrected chi connectivity index (χ1v) is 17.7. The van der Waals surface area contributed by atoms with Crippen molar-refractivity contribution >= 4 is 50.1 Å². The Bertz CT molecular complexity index is 1900. The molecule has 0 fully saturated rings. The van der Waals surface area contributed by atoms with Crippen LogP contribution in [0.2, 0.25) is 0 Å². The van der Waals surface area contributed by atoms with E-state index in [4.69, 9.17) is 5.11 Å². The Balaban J connectivity index is 1.44. The lowest BCUT2D eigenvalue weighted by Gasteiger charge is -2.27. The summed E-state index contributed by atoms with van der Waals surface area (Å²) in [6.07, 6.45) is 11.3. The average Bonchev–Trinajstić information content (AvgIpc) is 3.25. The van der Waals surface area contributed by atoms with E-state index in [-0.39, 0.29) is 17.6 Å². The number of unbranched alkanes of at least 4 members (excludes halogenated alkanes) is 2. The smallest absolute Gasteiger partial charge is 0.303 e. The molecule has 4 aromatic rings. The first kappa shape index (κ1) is 33.9. The standard InChI is InChI=1S/C38H43N3O5S/c1-38(2)33-28-31(39(3)30-15-6-4-7-16-30)21-22-35(33)41(25-13-27-47(44,45)46)36(38)19-12-14-29-23-26-40(24-11-5-8-20-37(42)43)34-18-10-9-17-32(29)34/h4,6-7,9-10,12,14-19,21-23,26,28H,5,8,11,13,20,24-25,27H2,1-3H3,(H-,42,43,44,45,46)/p+1. The molecule has 1 aliphatic heterocycles. The van der Waals surface area contributed by atoms with Crippen LogP contribution < -0.4 is 14.4 Å². The molecule has 246 valence electrons. The van der Waals surface area contributed by atoms with Crippen molar-refractivity contribution in [2.75, 3.05) is 29.1 Å². The lowest BCUT2D eigenvalue weighted by atomic mass is 9.83. The summed E-state index contributed by atoms with van der Waals surface area (Å²) in [6, 6.07) is 27.0. The number of rotatable bonds is 14. The number of pyridine rings is 1. The van der Waals surface area contributed by atoms with Crippen LogP contribution in [0, 0.1) is 0 Å². The molecule has 9 heteroatoms. The molecule has 0 saturated heterocycles. The number of carboxylic acids is 1. The second-order valence-electron chi connectivity index (χ2n) is 12.6. The van der Waals surface area contributed by atoms with E-state index in [0.29, 0.717) is 19.4 Å². The number of carbonyl (C=O) groups is 1. The summed E-state index contributed by atoms with van der Waals surface area (Å²) in [4.78, 5) is 15.2. The molecule has 0 unspecified atom stereocenters. The Kier molecular flexibility index (Phi) is 10.5. The van der Waals surface area contributed by atoms with Crippen molar-refractivity contribution in [1.29, 1.82) is 0 Å². The van der Waals surface area contributed by atoms with Gasteiger partial charge in [0, 0.05) is 66.7 Å². The van der Waals surface area contributed by atoms with Crippen molar-refractivity contribution in [2.45, 2.75) is 57.9 Å². The molecular formula is C38H44N3O5S+. The molecule has 0 radical (unpaired) electrons. The minimum Gasteiger partial charge on any atom is -0.481 e. The Morgan fingerprint density at radius 3 is 2.43 bits per heavy atom. The van der Waals surface area contributed by atoms with Crippen LogP contribution in [0.5, 0.6) is 0 Å². The first-order chi connectivity index (χ1) is 22.5. The van der Waals surface area contributed by atoms with E-state index in [0.717, 1.165) is 64.2 Å². The molecule has 0 aliphatic carbocycles. The Hall–Kier alpha value is -4.47. The van der Waals surface area contributed by atoms with Crippen LogP contribution >= 0.6 is 0 Å². The van der Waals surface area contributed by atoms with Crippen molar-refractivity contribution in [2.24, 2.45) is 0 Å². The van der Waals surface area contributed by atoms with Gasteiger partial charge >= 0.3 is 5.97 Å². The predicted molar refractivity (Wildman–Crippen MR) is 190 cm³/mol. The van der Waals surface area contributed by atoms with Crippen LogP contribution in [0.4, 0.5) is 17.1 Å². The zero-order valence-electron chi connectivity index (χ0n) is 27.3. The third-order valence-corrected chi connectivity index (χ3v) is 9.77. The van der Waals surface area contributed by atoms with E-state index >= 15 is 0 Å². The number of para-hydroxylation sites is 2. The third kappa shape index (κ3) is 8.10. The van der Waals surface area contributed by atoms with E-state index in [1.54, 1.807) is 0 Å². The van der Waals surface area contributed by atoms with Gasteiger partial charge in [-0.25, -0.2) is 0 Å². The van der Waals surface area contributed by atoms with Crippen molar-refractivity contribution in [3.63, 3.8) is 0 Å². The highest BCUT2D eigenvalue weighted by Crippen LogP contribution is 2.49. The van der Waals surface area contributed by atoms with Crippen molar-refractivity contribution < 1.29 is 27.4 Å². The first-order valence-electron chi connectivity index (χ1n) is 16.1. The summed E-state index contributed by atoms with van der Waals surface area (Å²) >= 11 is 0. The van der Waals surface area contributed by atoms with E-state index < -0.39 is 16.1 Å². The summed E-state index contributed by atoms with van der Waals surface area (Å²) in [5.74, 6) is -1.05. The van der Waals surface area contributed by atoms with Gasteiger partial charge in [0.15, 0.2) is 6.20 Å². The predicted octanol–water partition coefficient (Wildman–Crippen LogP) is 7.51. The molecular weight excluding hydrogens is 611 g/mol. The fraction of sp³-hybridized carbons (Fsp3) is 0.316. The minimum atomic E-state index is -4.07. The summed E-state index contributed by atoms with van der Waals surface area (Å²) in [6.45, 7) is 5.65. The van der Waals surface area contributed by atoms with E-state index in [1.165, 1.54) is 0 Å². The molecule has 2 heterocycles. The van der Waals surface area contributed by atoms with E-state index in [1.807, 2.05) is 30.3 Å². The van der Waals surface area contributed by atoms with Gasteiger partial charge in [-0.3, -0.25) is 9.35 Å². The van der Waals surface area contributed by atoms with Gasteiger partial charge < -0.3 is 14.9 Å². The maximum Gasteiger partial charge on any atom is 0.303 e. The van der Waals surface area contributed by atoms with Crippen LogP contribution in [0.25, 0.3) is 17.0 Å². The summed E-state index contributed by atoms with van der Waals surface area (Å²) in [7, 11) is -2.02. The number of carboxylic acid groups (broad SMARTS) is 1. The lowest BCUT2D eigenvalue weighted by molar-refractivity contribution is -0.671. The van der Waals surface area contributed by atoms with E-state index in [2.05, 4.69) is 108 Å². The summed E-state index contributed by atoms with van der Waals surface area (Å²) in [5.41, 5.74) is 7.21. The largest absolute Gasteiger partial charge is 0.481 e. The van der Waals surface area contributed by atoms with Crippen LogP contribution in [0.1, 0.15) is 57.1 Å². The Morgan fingerprint density at radius 2 is 1.68 bits per heavy atom. The molecule has 0 amide bonds. The fourth-order valence-corrected chi connectivity index (χ4v) is 6.94. The zero-order valence-corrected chi connectivity index (χ0v) is 28.2. The van der Waals surface area contributed by atoms with Crippen LogP contribution in [0.3, 0.4) is 0 Å². The van der Waals surface area contributed by atoms with Crippen LogP contribution in [0.15, 0.2) is 103 Å². The fourth-order valence-electron chi connectivity index (χ4n) is 6.45. The van der Waals surface area contributed by atoms with Gasteiger partial charge in [-0.1, -0.05) is 56.3 Å². The van der Waals surface area contributed by atoms with Gasteiger partial charge in [0.2, 0.25) is 5.52 Å². The number of hydrogen-bond donors (Lipinski definition) is 2. The normalized spacial score (nSPS) is 15.1. The maximum atomic E-state index is 11.6. The van der Waals surface area contributed by atoms with Gasteiger partial charge in [-0.2, -0.15) is 13.0 Å². The number of hydrogen-bond acceptors (Lipinski definition) is 5. The second kappa shape index (κ2) is 14.5. The molecule has 0 bridgehead atoms. The number of aromatic nitrogens is 1. The number of fused-ring (bicyclic) bond motifs is 2. The van der Waals surface area contributed by atoms with Crippen LogP contribution in [-0.2, 0) is 26.9 Å². The van der Waals surface area contributed by atoms with Crippen LogP contribution in [-0.4, -0.2) is 43.4 Å². The maximum absolute atomic E-state index is 11.6. The Labute approximate surface area is 278 Å². The molecule has 47 heavy (non-hydrogen) atoms. The number of nitrogens with zero attached hydrogens (tertiary/aromatic N) is 3. The quantitative estimate of drug-likeness (QED) is 0.0824. The highest BCUT2D eigenvalue weighted by atomic mass is 32.2. The lowest BCUT2D eigenvalue weighted by Crippen LogP contribution is -2.34. The van der Waals surface area contributed by atoms with Gasteiger partial charge in [0.1, 0.15) is 6.54 Å². The third-order valence-electron chi connectivity index (χ3n) is 8.97. The molecule has 0 spiro atoms. The van der Waals surface area contributed by atoms with Crippen molar-refractivity contribution in [3.8, 4) is 0 Å². The topological polar surface area (TPSA) is 102 Å². The summed E-state index contributed by atoms with van der Waals surface area (Å²) in [5, 5.41) is 10.0. The van der Waals surface area contributed by atoms with Gasteiger partial charge in [0.05, 0.1) is 11.1 Å². The molecule has 1 aliphatic rings. The second-order valence-corrected chi connectivity index (χ2v) is 14.2. The van der Waals surface area contributed by atoms with E-state index in [9.17, 15) is 17.8 Å². The molecule has 8 nitrogen and oxygen atoms in total. The molecule has 0 atom stereocenters. The highest BCUT2D eigenvalue weighted by molar-refractivity contribution is 7.85. The minimum absolute atomic E-state index is 0.205. The number of aryl methyl sites for hydroxylation is 1. The SMILES string of the molecule is CN(c1ccccc1)c1ccc2c(c1)C(C)(C)/C(=C\C=C\c1cc[n+](CCCCCC(=O)O)c3ccccc13)N2CCCS(=O)(=O)O. The molecule has 3 aromatic carbocycles. The zero-order chi connectivity index (χ0) is 33.6. The molecule has 1 aromatic heterocycles. The van der Waals surface area contributed by atoms with Crippen molar-refractivity contribution in [3.05, 3.63) is 114 Å². The van der Waals surface area contributed by atoms with Gasteiger partial charge in [0.25, 0.3) is 10.1 Å². The number of benzene rings is 3. The average molecular weight is 655 g/mol. The van der Waals surface area contributed by atoms with Gasteiger partial charge in [-0.15, -0.1) is 0 Å². The number of allylic oxidation sites excluding steroid dienone is 3. The van der Waals surface area contributed by atoms with Crippen molar-refractivity contribution in [1.82, 2.24) is 0 Å². The molecule has 5 rings (SSSR count). The number of aliphatic carboxylic acids is 1. The Morgan fingerprint density at radius 1 is 0.936 bits per heavy atom. The van der Waals surface area contributed by atoms with Gasteiger partial charge in [-0.05, 0) is 72.9 Å². The molecule has 0 saturated carbocycles. The number of anilines is 3. The molecule has 2 N–H and O–H groups in total. The summed E-state index contributed by atoms with van der Waals surface area (Å²) < 4.78 is 34.8. The monoisotopic (exact) mass is 654 g/mol. The highest BCUT2D eigenvalue weighted by Gasteiger charge is 2.40.